The summed E-state index contributed by atoms with van der Waals surface area (Å²) in [6, 6.07) is 8.35. The number of hydrogen-bond donors (Lipinski definition) is 2. The van der Waals surface area contributed by atoms with Crippen molar-refractivity contribution in [1.29, 1.82) is 0 Å². The van der Waals surface area contributed by atoms with E-state index >= 15 is 0 Å². The second-order valence-corrected chi connectivity index (χ2v) is 5.15. The molecule has 94 valence electrons. The molecule has 2 heterocycles. The molecule has 1 aliphatic heterocycles. The van der Waals surface area contributed by atoms with Gasteiger partial charge in [0.1, 0.15) is 0 Å². The summed E-state index contributed by atoms with van der Waals surface area (Å²) in [5.41, 5.74) is 4.74. The van der Waals surface area contributed by atoms with Crippen molar-refractivity contribution >= 4 is 10.9 Å². The number of aromatic amines is 1. The number of nitrogens with one attached hydrogen (secondary N) is 1. The van der Waals surface area contributed by atoms with Crippen molar-refractivity contribution in [3.8, 4) is 0 Å². The van der Waals surface area contributed by atoms with Crippen LogP contribution in [-0.2, 0) is 6.42 Å². The highest BCUT2D eigenvalue weighted by molar-refractivity contribution is 5.85. The third-order valence-corrected chi connectivity index (χ3v) is 3.67. The Morgan fingerprint density at radius 1 is 1.50 bits per heavy atom. The second kappa shape index (κ2) is 4.26. The fourth-order valence-electron chi connectivity index (χ4n) is 2.84. The van der Waals surface area contributed by atoms with Crippen molar-refractivity contribution < 1.29 is 5.21 Å². The van der Waals surface area contributed by atoms with Gasteiger partial charge in [-0.3, -0.25) is 0 Å². The van der Waals surface area contributed by atoms with Crippen molar-refractivity contribution in [2.24, 2.45) is 0 Å². The molecule has 0 saturated carbocycles. The first kappa shape index (κ1) is 11.5. The van der Waals surface area contributed by atoms with Gasteiger partial charge >= 0.3 is 0 Å². The molecule has 0 fully saturated rings. The maximum Gasteiger partial charge on any atom is 0.0789 e. The van der Waals surface area contributed by atoms with Crippen LogP contribution < -0.4 is 0 Å². The highest BCUT2D eigenvalue weighted by Gasteiger charge is 2.29. The van der Waals surface area contributed by atoms with E-state index in [1.807, 2.05) is 13.0 Å². The van der Waals surface area contributed by atoms with Crippen LogP contribution in [0.5, 0.6) is 0 Å². The zero-order chi connectivity index (χ0) is 12.7. The Labute approximate surface area is 107 Å². The van der Waals surface area contributed by atoms with Crippen LogP contribution in [0, 0.1) is 0 Å². The van der Waals surface area contributed by atoms with Gasteiger partial charge in [-0.05, 0) is 31.4 Å². The Morgan fingerprint density at radius 2 is 2.28 bits per heavy atom. The summed E-state index contributed by atoms with van der Waals surface area (Å²) in [7, 11) is 0. The van der Waals surface area contributed by atoms with E-state index in [2.05, 4.69) is 29.8 Å². The average Bonchev–Trinajstić information content (AvgIpc) is 2.71. The lowest BCUT2D eigenvalue weighted by atomic mass is 9.95. The third-order valence-electron chi connectivity index (χ3n) is 3.67. The first-order valence-corrected chi connectivity index (χ1v) is 6.36. The number of rotatable bonds is 2. The Kier molecular flexibility index (Phi) is 2.73. The van der Waals surface area contributed by atoms with Crippen molar-refractivity contribution in [1.82, 2.24) is 10.0 Å². The molecule has 0 aliphatic carbocycles. The summed E-state index contributed by atoms with van der Waals surface area (Å²) < 4.78 is 0. The summed E-state index contributed by atoms with van der Waals surface area (Å²) in [5, 5.41) is 12.8. The molecular weight excluding hydrogens is 224 g/mol. The largest absolute Gasteiger partial charge is 0.357 e. The standard InChI is InChI=1S/C15H18N2O/c1-10(2)9-14-15-12(7-8-17(14)18)11-5-3-4-6-13(11)16-15/h3-6,14,16,18H,1,7-9H2,2H3. The molecule has 1 atom stereocenters. The Balaban J connectivity index is 2.13. The molecule has 3 rings (SSSR count). The zero-order valence-electron chi connectivity index (χ0n) is 10.6. The summed E-state index contributed by atoms with van der Waals surface area (Å²) in [4.78, 5) is 3.46. The summed E-state index contributed by atoms with van der Waals surface area (Å²) >= 11 is 0. The molecule has 1 aliphatic rings. The van der Waals surface area contributed by atoms with Crippen LogP contribution in [0.2, 0.25) is 0 Å². The number of benzene rings is 1. The van der Waals surface area contributed by atoms with E-state index in [1.54, 1.807) is 0 Å². The fraction of sp³-hybridized carbons (Fsp3) is 0.333. The van der Waals surface area contributed by atoms with E-state index in [0.29, 0.717) is 6.54 Å². The van der Waals surface area contributed by atoms with E-state index in [9.17, 15) is 5.21 Å². The van der Waals surface area contributed by atoms with Gasteiger partial charge in [-0.1, -0.05) is 23.8 Å². The van der Waals surface area contributed by atoms with E-state index < -0.39 is 0 Å². The SMILES string of the molecule is C=C(C)CC1c2[nH]c3ccccc3c2CCN1O. The van der Waals surface area contributed by atoms with Gasteiger partial charge in [0.15, 0.2) is 0 Å². The minimum atomic E-state index is 0.0126. The van der Waals surface area contributed by atoms with Crippen LogP contribution in [-0.4, -0.2) is 21.8 Å². The third kappa shape index (κ3) is 1.76. The normalized spacial score (nSPS) is 20.0. The lowest BCUT2D eigenvalue weighted by Crippen LogP contribution is -2.32. The van der Waals surface area contributed by atoms with Crippen LogP contribution in [0.1, 0.15) is 30.6 Å². The summed E-state index contributed by atoms with van der Waals surface area (Å²) in [6.45, 7) is 6.65. The minimum absolute atomic E-state index is 0.0126. The van der Waals surface area contributed by atoms with Gasteiger partial charge in [0.05, 0.1) is 6.04 Å². The molecule has 1 aromatic carbocycles. The minimum Gasteiger partial charge on any atom is -0.357 e. The first-order valence-electron chi connectivity index (χ1n) is 6.36. The molecule has 3 nitrogen and oxygen atoms in total. The molecule has 2 N–H and O–H groups in total. The molecule has 2 aromatic rings. The molecule has 0 radical (unpaired) electrons. The predicted octanol–water partition coefficient (Wildman–Crippen LogP) is 3.42. The van der Waals surface area contributed by atoms with E-state index in [0.717, 1.165) is 29.6 Å². The quantitative estimate of drug-likeness (QED) is 0.792. The number of fused-ring (bicyclic) bond motifs is 3. The number of H-pyrrole nitrogens is 1. The van der Waals surface area contributed by atoms with Crippen molar-refractivity contribution in [2.75, 3.05) is 6.54 Å². The number of hydroxylamine groups is 2. The number of nitrogens with zero attached hydrogens (tertiary/aromatic N) is 1. The van der Waals surface area contributed by atoms with Crippen LogP contribution in [0.25, 0.3) is 10.9 Å². The van der Waals surface area contributed by atoms with Crippen LogP contribution >= 0.6 is 0 Å². The Hall–Kier alpha value is -1.58. The van der Waals surface area contributed by atoms with Crippen molar-refractivity contribution in [3.63, 3.8) is 0 Å². The van der Waals surface area contributed by atoms with Gasteiger partial charge in [0, 0.05) is 23.1 Å². The van der Waals surface area contributed by atoms with Gasteiger partial charge in [-0.15, -0.1) is 6.58 Å². The summed E-state index contributed by atoms with van der Waals surface area (Å²) in [5.74, 6) is 0. The van der Waals surface area contributed by atoms with Gasteiger partial charge in [-0.2, -0.15) is 5.06 Å². The smallest absolute Gasteiger partial charge is 0.0789 e. The van der Waals surface area contributed by atoms with E-state index in [4.69, 9.17) is 0 Å². The lowest BCUT2D eigenvalue weighted by Gasteiger charge is -2.31. The molecule has 1 unspecified atom stereocenters. The Morgan fingerprint density at radius 3 is 3.06 bits per heavy atom. The van der Waals surface area contributed by atoms with Crippen molar-refractivity contribution in [3.05, 3.63) is 47.7 Å². The Bertz CT molecular complexity index is 600. The first-order chi connectivity index (χ1) is 8.66. The highest BCUT2D eigenvalue weighted by atomic mass is 16.5. The maximum absolute atomic E-state index is 10.1. The molecule has 1 aromatic heterocycles. The van der Waals surface area contributed by atoms with E-state index in [1.165, 1.54) is 16.0 Å². The lowest BCUT2D eigenvalue weighted by molar-refractivity contribution is -0.133. The van der Waals surface area contributed by atoms with Crippen molar-refractivity contribution in [2.45, 2.75) is 25.8 Å². The highest BCUT2D eigenvalue weighted by Crippen LogP contribution is 2.36. The molecular formula is C15H18N2O. The molecule has 3 heteroatoms. The molecule has 0 bridgehead atoms. The maximum atomic E-state index is 10.1. The fourth-order valence-corrected chi connectivity index (χ4v) is 2.84. The number of hydrogen-bond acceptors (Lipinski definition) is 2. The van der Waals surface area contributed by atoms with Gasteiger partial charge in [-0.25, -0.2) is 0 Å². The van der Waals surface area contributed by atoms with Gasteiger partial charge in [0.25, 0.3) is 0 Å². The monoisotopic (exact) mass is 242 g/mol. The predicted molar refractivity (Wildman–Crippen MR) is 72.7 cm³/mol. The van der Waals surface area contributed by atoms with Crippen LogP contribution in [0.15, 0.2) is 36.4 Å². The van der Waals surface area contributed by atoms with Crippen LogP contribution in [0.4, 0.5) is 0 Å². The molecule has 0 spiro atoms. The van der Waals surface area contributed by atoms with Gasteiger partial charge < -0.3 is 10.2 Å². The molecule has 0 amide bonds. The second-order valence-electron chi connectivity index (χ2n) is 5.15. The topological polar surface area (TPSA) is 39.3 Å². The molecule has 18 heavy (non-hydrogen) atoms. The zero-order valence-corrected chi connectivity index (χ0v) is 10.6. The average molecular weight is 242 g/mol. The van der Waals surface area contributed by atoms with Crippen LogP contribution in [0.3, 0.4) is 0 Å². The number of aromatic nitrogens is 1. The summed E-state index contributed by atoms with van der Waals surface area (Å²) in [6.07, 6.45) is 1.68. The molecule has 0 saturated heterocycles. The van der Waals surface area contributed by atoms with E-state index in [-0.39, 0.29) is 6.04 Å². The number of para-hydroxylation sites is 1. The van der Waals surface area contributed by atoms with Gasteiger partial charge in [0.2, 0.25) is 0 Å².